The van der Waals surface area contributed by atoms with Crippen LogP contribution in [0.15, 0.2) is 41.1 Å². The Morgan fingerprint density at radius 2 is 2.11 bits per heavy atom. The summed E-state index contributed by atoms with van der Waals surface area (Å²) in [6.45, 7) is 1.92. The van der Waals surface area contributed by atoms with Crippen LogP contribution in [0.25, 0.3) is 0 Å². The van der Waals surface area contributed by atoms with Crippen LogP contribution in [0.2, 0.25) is 5.02 Å². The lowest BCUT2D eigenvalue weighted by Crippen LogP contribution is -2.12. The summed E-state index contributed by atoms with van der Waals surface area (Å²) in [6, 6.07) is 8.83. The zero-order valence-corrected chi connectivity index (χ0v) is 11.9. The number of halogens is 2. The van der Waals surface area contributed by atoms with Gasteiger partial charge in [-0.3, -0.25) is 4.79 Å². The molecule has 0 fully saturated rings. The molecular weight excluding hydrogens is 316 g/mol. The Morgan fingerprint density at radius 1 is 1.33 bits per heavy atom. The van der Waals surface area contributed by atoms with Gasteiger partial charge >= 0.3 is 0 Å². The minimum Gasteiger partial charge on any atom is -0.321 e. The van der Waals surface area contributed by atoms with E-state index in [1.807, 2.05) is 13.0 Å². The Balaban J connectivity index is 2.19. The lowest BCUT2D eigenvalue weighted by molar-refractivity contribution is 0.102. The summed E-state index contributed by atoms with van der Waals surface area (Å²) >= 11 is 9.26. The molecule has 1 amide bonds. The van der Waals surface area contributed by atoms with Gasteiger partial charge in [0.25, 0.3) is 5.91 Å². The van der Waals surface area contributed by atoms with Crippen LogP contribution in [0, 0.1) is 6.92 Å². The molecule has 0 saturated carbocycles. The lowest BCUT2D eigenvalue weighted by atomic mass is 10.1. The third-order valence-corrected chi connectivity index (χ3v) is 3.14. The molecule has 92 valence electrons. The van der Waals surface area contributed by atoms with Crippen LogP contribution in [0.3, 0.4) is 0 Å². The van der Waals surface area contributed by atoms with Gasteiger partial charge in [0.1, 0.15) is 4.60 Å². The molecule has 0 saturated heterocycles. The van der Waals surface area contributed by atoms with Gasteiger partial charge in [0.05, 0.1) is 22.5 Å². The van der Waals surface area contributed by atoms with E-state index in [0.29, 0.717) is 20.9 Å². The molecule has 0 aliphatic heterocycles. The zero-order chi connectivity index (χ0) is 13.1. The first-order valence-corrected chi connectivity index (χ1v) is 6.42. The number of aryl methyl sites for hydroxylation is 1. The third-order valence-electron chi connectivity index (χ3n) is 2.35. The van der Waals surface area contributed by atoms with E-state index < -0.39 is 0 Å². The number of carbonyl (C=O) groups excluding carboxylic acids is 1. The van der Waals surface area contributed by atoms with Gasteiger partial charge in [-0.1, -0.05) is 17.7 Å². The number of hydrogen-bond acceptors (Lipinski definition) is 2. The molecule has 1 aromatic heterocycles. The molecule has 3 nitrogen and oxygen atoms in total. The van der Waals surface area contributed by atoms with Gasteiger partial charge in [0.15, 0.2) is 0 Å². The summed E-state index contributed by atoms with van der Waals surface area (Å²) in [7, 11) is 0. The van der Waals surface area contributed by atoms with Gasteiger partial charge in [0, 0.05) is 0 Å². The van der Waals surface area contributed by atoms with Crippen LogP contribution < -0.4 is 5.32 Å². The number of aromatic nitrogens is 1. The summed E-state index contributed by atoms with van der Waals surface area (Å²) in [5.74, 6) is -0.246. The number of nitrogens with one attached hydrogen (secondary N) is 1. The summed E-state index contributed by atoms with van der Waals surface area (Å²) in [5.41, 5.74) is 2.09. The fraction of sp³-hybridized carbons (Fsp3) is 0.0769. The maximum absolute atomic E-state index is 12.0. The first-order valence-electron chi connectivity index (χ1n) is 5.25. The van der Waals surface area contributed by atoms with Gasteiger partial charge in [0.2, 0.25) is 0 Å². The first-order chi connectivity index (χ1) is 8.56. The lowest BCUT2D eigenvalue weighted by Gasteiger charge is -2.07. The monoisotopic (exact) mass is 324 g/mol. The molecule has 18 heavy (non-hydrogen) atoms. The molecule has 0 bridgehead atoms. The molecule has 0 atom stereocenters. The van der Waals surface area contributed by atoms with E-state index >= 15 is 0 Å². The number of carbonyl (C=O) groups is 1. The number of hydrogen-bond donors (Lipinski definition) is 1. The average molecular weight is 326 g/mol. The van der Waals surface area contributed by atoms with E-state index in [2.05, 4.69) is 26.2 Å². The summed E-state index contributed by atoms with van der Waals surface area (Å²) in [6.07, 6.45) is 1.57. The molecule has 0 aliphatic rings. The highest BCUT2D eigenvalue weighted by Crippen LogP contribution is 2.19. The second-order valence-corrected chi connectivity index (χ2v) is 5.03. The van der Waals surface area contributed by atoms with Gasteiger partial charge in [-0.05, 0) is 52.7 Å². The SMILES string of the molecule is Cc1ccc(C(=O)Nc2ccc(Br)nc2)c(Cl)c1. The van der Waals surface area contributed by atoms with Crippen molar-refractivity contribution in [2.24, 2.45) is 0 Å². The van der Waals surface area contributed by atoms with E-state index in [1.165, 1.54) is 0 Å². The average Bonchev–Trinajstić information content (AvgIpc) is 2.32. The highest BCUT2D eigenvalue weighted by molar-refractivity contribution is 9.10. The molecule has 1 N–H and O–H groups in total. The van der Waals surface area contributed by atoms with Crippen molar-refractivity contribution in [3.05, 3.63) is 57.3 Å². The molecule has 0 unspecified atom stereocenters. The third kappa shape index (κ3) is 3.09. The van der Waals surface area contributed by atoms with E-state index in [-0.39, 0.29) is 5.91 Å². The van der Waals surface area contributed by atoms with Gasteiger partial charge in [-0.2, -0.15) is 0 Å². The number of rotatable bonds is 2. The van der Waals surface area contributed by atoms with Crippen LogP contribution >= 0.6 is 27.5 Å². The Morgan fingerprint density at radius 3 is 2.72 bits per heavy atom. The molecular formula is C13H10BrClN2O. The van der Waals surface area contributed by atoms with Crippen LogP contribution in [0.4, 0.5) is 5.69 Å². The van der Waals surface area contributed by atoms with Gasteiger partial charge in [-0.25, -0.2) is 4.98 Å². The largest absolute Gasteiger partial charge is 0.321 e. The van der Waals surface area contributed by atoms with E-state index in [4.69, 9.17) is 11.6 Å². The van der Waals surface area contributed by atoms with Crippen LogP contribution in [-0.2, 0) is 0 Å². The Hall–Kier alpha value is -1.39. The second-order valence-electron chi connectivity index (χ2n) is 3.81. The maximum Gasteiger partial charge on any atom is 0.257 e. The van der Waals surface area contributed by atoms with Crippen molar-refractivity contribution in [2.75, 3.05) is 5.32 Å². The van der Waals surface area contributed by atoms with Crippen molar-refractivity contribution in [2.45, 2.75) is 6.92 Å². The van der Waals surface area contributed by atoms with Crippen molar-refractivity contribution >= 4 is 39.1 Å². The maximum atomic E-state index is 12.0. The topological polar surface area (TPSA) is 42.0 Å². The number of benzene rings is 1. The highest BCUT2D eigenvalue weighted by atomic mass is 79.9. The van der Waals surface area contributed by atoms with Crippen molar-refractivity contribution < 1.29 is 4.79 Å². The molecule has 1 aromatic carbocycles. The van der Waals surface area contributed by atoms with E-state index in [1.54, 1.807) is 30.5 Å². The van der Waals surface area contributed by atoms with Gasteiger partial charge in [-0.15, -0.1) is 0 Å². The van der Waals surface area contributed by atoms with Crippen molar-refractivity contribution in [1.82, 2.24) is 4.98 Å². The summed E-state index contributed by atoms with van der Waals surface area (Å²) in [5, 5.41) is 3.18. The number of anilines is 1. The zero-order valence-electron chi connectivity index (χ0n) is 9.58. The normalized spacial score (nSPS) is 10.2. The Bertz CT molecular complexity index is 584. The van der Waals surface area contributed by atoms with Crippen molar-refractivity contribution in [3.8, 4) is 0 Å². The van der Waals surface area contributed by atoms with Crippen LogP contribution in [0.1, 0.15) is 15.9 Å². The number of pyridine rings is 1. The molecule has 5 heteroatoms. The summed E-state index contributed by atoms with van der Waals surface area (Å²) in [4.78, 5) is 16.0. The van der Waals surface area contributed by atoms with Crippen molar-refractivity contribution in [3.63, 3.8) is 0 Å². The summed E-state index contributed by atoms with van der Waals surface area (Å²) < 4.78 is 0.717. The molecule has 2 aromatic rings. The minimum atomic E-state index is -0.246. The molecule has 1 heterocycles. The molecule has 2 rings (SSSR count). The number of nitrogens with zero attached hydrogens (tertiary/aromatic N) is 1. The molecule has 0 spiro atoms. The first kappa shape index (κ1) is 13.1. The smallest absolute Gasteiger partial charge is 0.257 e. The minimum absolute atomic E-state index is 0.246. The fourth-order valence-electron chi connectivity index (χ4n) is 1.45. The van der Waals surface area contributed by atoms with Gasteiger partial charge < -0.3 is 5.32 Å². The Labute approximate surface area is 118 Å². The second kappa shape index (κ2) is 5.50. The van der Waals surface area contributed by atoms with E-state index in [9.17, 15) is 4.79 Å². The fourth-order valence-corrected chi connectivity index (χ4v) is 2.01. The highest BCUT2D eigenvalue weighted by Gasteiger charge is 2.10. The van der Waals surface area contributed by atoms with Crippen molar-refractivity contribution in [1.29, 1.82) is 0 Å². The Kier molecular flexibility index (Phi) is 3.99. The van der Waals surface area contributed by atoms with Crippen LogP contribution in [-0.4, -0.2) is 10.9 Å². The van der Waals surface area contributed by atoms with E-state index in [0.717, 1.165) is 5.56 Å². The predicted octanol–water partition coefficient (Wildman–Crippen LogP) is 4.06. The van der Waals surface area contributed by atoms with Crippen LogP contribution in [0.5, 0.6) is 0 Å². The standard InChI is InChI=1S/C13H10BrClN2O/c1-8-2-4-10(11(15)6-8)13(18)17-9-3-5-12(14)16-7-9/h2-7H,1H3,(H,17,18). The molecule has 0 aliphatic carbocycles. The molecule has 0 radical (unpaired) electrons. The quantitative estimate of drug-likeness (QED) is 0.846. The number of amides is 1. The predicted molar refractivity (Wildman–Crippen MR) is 76.1 cm³/mol.